The number of esters is 2. The Kier molecular flexibility index (Phi) is 4.69. The van der Waals surface area contributed by atoms with Gasteiger partial charge in [0, 0.05) is 0 Å². The van der Waals surface area contributed by atoms with E-state index in [9.17, 15) is 9.59 Å². The lowest BCUT2D eigenvalue weighted by molar-refractivity contribution is -0.0524. The minimum absolute atomic E-state index is 0.291. The van der Waals surface area contributed by atoms with Gasteiger partial charge >= 0.3 is 11.9 Å². The molecule has 2 aromatic carbocycles. The normalized spacial score (nSPS) is 22.8. The topological polar surface area (TPSA) is 77.7 Å². The van der Waals surface area contributed by atoms with E-state index in [1.165, 1.54) is 0 Å². The summed E-state index contributed by atoms with van der Waals surface area (Å²) in [4.78, 5) is 24.9. The number of hydrogen-bond acceptors (Lipinski definition) is 6. The summed E-state index contributed by atoms with van der Waals surface area (Å²) in [6.07, 6.45) is -1.99. The van der Waals surface area contributed by atoms with Crippen LogP contribution in [-0.4, -0.2) is 49.6 Å². The van der Waals surface area contributed by atoms with Crippen LogP contribution in [0.5, 0.6) is 0 Å². The highest BCUT2D eigenvalue weighted by Gasteiger charge is 2.50. The van der Waals surface area contributed by atoms with Gasteiger partial charge in [-0.1, -0.05) is 36.4 Å². The SMILES string of the molecule is O=C(OC(C1CO1)C(OC(=O)c1ccccc1)C1CO1)c1ccccc1. The molecule has 2 fully saturated rings. The first-order valence-electron chi connectivity index (χ1n) is 8.47. The Morgan fingerprint density at radius 3 is 1.38 bits per heavy atom. The fourth-order valence-corrected chi connectivity index (χ4v) is 2.73. The van der Waals surface area contributed by atoms with E-state index in [0.717, 1.165) is 0 Å². The fourth-order valence-electron chi connectivity index (χ4n) is 2.73. The van der Waals surface area contributed by atoms with Crippen molar-refractivity contribution in [3.05, 3.63) is 71.8 Å². The second-order valence-corrected chi connectivity index (χ2v) is 6.22. The van der Waals surface area contributed by atoms with Crippen molar-refractivity contribution >= 4 is 11.9 Å². The third-order valence-electron chi connectivity index (χ3n) is 4.28. The number of carbonyl (C=O) groups is 2. The van der Waals surface area contributed by atoms with Crippen LogP contribution in [0.25, 0.3) is 0 Å². The Balaban J connectivity index is 1.49. The molecule has 4 atom stereocenters. The molecule has 2 aromatic rings. The standard InChI is InChI=1S/C20H18O6/c21-19(13-7-3-1-4-8-13)25-17(15-11-23-15)18(16-12-24-16)26-20(22)14-9-5-2-6-10-14/h1-10,15-18H,11-12H2. The van der Waals surface area contributed by atoms with Crippen LogP contribution in [0.1, 0.15) is 20.7 Å². The molecule has 0 amide bonds. The van der Waals surface area contributed by atoms with Gasteiger partial charge in [0.05, 0.1) is 24.3 Å². The van der Waals surface area contributed by atoms with Crippen molar-refractivity contribution in [1.29, 1.82) is 0 Å². The van der Waals surface area contributed by atoms with Gasteiger partial charge in [-0.15, -0.1) is 0 Å². The van der Waals surface area contributed by atoms with Crippen LogP contribution >= 0.6 is 0 Å². The Bertz CT molecular complexity index is 700. The number of ether oxygens (including phenoxy) is 4. The zero-order chi connectivity index (χ0) is 17.9. The van der Waals surface area contributed by atoms with Gasteiger partial charge in [-0.05, 0) is 24.3 Å². The van der Waals surface area contributed by atoms with Crippen LogP contribution in [0.15, 0.2) is 60.7 Å². The number of rotatable bonds is 7. The largest absolute Gasteiger partial charge is 0.452 e. The number of benzene rings is 2. The molecule has 2 aliphatic heterocycles. The summed E-state index contributed by atoms with van der Waals surface area (Å²) in [5, 5.41) is 0. The molecule has 4 unspecified atom stereocenters. The van der Waals surface area contributed by atoms with Gasteiger partial charge in [0.15, 0.2) is 12.2 Å². The summed E-state index contributed by atoms with van der Waals surface area (Å²) in [5.41, 5.74) is 0.867. The van der Waals surface area contributed by atoms with Crippen LogP contribution in [0.2, 0.25) is 0 Å². The van der Waals surface area contributed by atoms with Crippen LogP contribution in [-0.2, 0) is 18.9 Å². The second kappa shape index (κ2) is 7.27. The first-order valence-corrected chi connectivity index (χ1v) is 8.47. The third-order valence-corrected chi connectivity index (χ3v) is 4.28. The van der Waals surface area contributed by atoms with E-state index < -0.39 is 24.1 Å². The molecule has 134 valence electrons. The molecule has 6 nitrogen and oxygen atoms in total. The van der Waals surface area contributed by atoms with Gasteiger partial charge in [-0.3, -0.25) is 0 Å². The third kappa shape index (κ3) is 3.92. The summed E-state index contributed by atoms with van der Waals surface area (Å²) in [6.45, 7) is 0.914. The van der Waals surface area contributed by atoms with Crippen LogP contribution in [0.4, 0.5) is 0 Å². The summed E-state index contributed by atoms with van der Waals surface area (Å²) in [6, 6.07) is 17.4. The highest BCUT2D eigenvalue weighted by Crippen LogP contribution is 2.30. The average Bonchev–Trinajstić information content (AvgIpc) is 3.58. The molecule has 2 heterocycles. The van der Waals surface area contributed by atoms with Crippen molar-refractivity contribution in [2.45, 2.75) is 24.4 Å². The van der Waals surface area contributed by atoms with Crippen molar-refractivity contribution in [1.82, 2.24) is 0 Å². The molecular formula is C20H18O6. The van der Waals surface area contributed by atoms with E-state index in [1.54, 1.807) is 48.5 Å². The molecule has 0 saturated carbocycles. The predicted molar refractivity (Wildman–Crippen MR) is 90.8 cm³/mol. The molecule has 6 heteroatoms. The lowest BCUT2D eigenvalue weighted by atomic mass is 10.1. The Hall–Kier alpha value is -2.70. The highest BCUT2D eigenvalue weighted by molar-refractivity contribution is 5.90. The van der Waals surface area contributed by atoms with E-state index in [4.69, 9.17) is 18.9 Å². The lowest BCUT2D eigenvalue weighted by Crippen LogP contribution is -2.42. The highest BCUT2D eigenvalue weighted by atomic mass is 16.7. The molecule has 0 radical (unpaired) electrons. The smallest absolute Gasteiger partial charge is 0.338 e. The quantitative estimate of drug-likeness (QED) is 0.561. The van der Waals surface area contributed by atoms with E-state index in [-0.39, 0.29) is 12.2 Å². The molecule has 0 bridgehead atoms. The van der Waals surface area contributed by atoms with Gasteiger partial charge in [-0.25, -0.2) is 9.59 Å². The van der Waals surface area contributed by atoms with E-state index in [2.05, 4.69) is 0 Å². The maximum absolute atomic E-state index is 12.4. The molecular weight excluding hydrogens is 336 g/mol. The molecule has 26 heavy (non-hydrogen) atoms. The summed E-state index contributed by atoms with van der Waals surface area (Å²) >= 11 is 0. The van der Waals surface area contributed by atoms with Crippen molar-refractivity contribution in [2.75, 3.05) is 13.2 Å². The molecule has 0 aliphatic carbocycles. The van der Waals surface area contributed by atoms with E-state index in [1.807, 2.05) is 12.1 Å². The zero-order valence-electron chi connectivity index (χ0n) is 13.9. The van der Waals surface area contributed by atoms with E-state index >= 15 is 0 Å². The molecule has 2 aliphatic rings. The first-order chi connectivity index (χ1) is 12.7. The Morgan fingerprint density at radius 1 is 0.731 bits per heavy atom. The lowest BCUT2D eigenvalue weighted by Gasteiger charge is -2.24. The minimum Gasteiger partial charge on any atom is -0.452 e. The minimum atomic E-state index is -0.706. The molecule has 0 N–H and O–H groups in total. The number of carbonyl (C=O) groups excluding carboxylic acids is 2. The van der Waals surface area contributed by atoms with Crippen molar-refractivity contribution in [3.63, 3.8) is 0 Å². The van der Waals surface area contributed by atoms with Gasteiger partial charge < -0.3 is 18.9 Å². The van der Waals surface area contributed by atoms with Crippen molar-refractivity contribution < 1.29 is 28.5 Å². The maximum atomic E-state index is 12.4. The van der Waals surface area contributed by atoms with E-state index in [0.29, 0.717) is 24.3 Å². The molecule has 0 spiro atoms. The summed E-state index contributed by atoms with van der Waals surface area (Å²) in [7, 11) is 0. The van der Waals surface area contributed by atoms with Crippen molar-refractivity contribution in [3.8, 4) is 0 Å². The van der Waals surface area contributed by atoms with Crippen LogP contribution in [0, 0.1) is 0 Å². The van der Waals surface area contributed by atoms with Crippen LogP contribution in [0.3, 0.4) is 0 Å². The Labute approximate surface area is 150 Å². The van der Waals surface area contributed by atoms with Gasteiger partial charge in [0.1, 0.15) is 12.2 Å². The zero-order valence-corrected chi connectivity index (χ0v) is 13.9. The molecule has 2 saturated heterocycles. The monoisotopic (exact) mass is 354 g/mol. The first kappa shape index (κ1) is 16.8. The molecule has 4 rings (SSSR count). The van der Waals surface area contributed by atoms with Crippen LogP contribution < -0.4 is 0 Å². The van der Waals surface area contributed by atoms with Gasteiger partial charge in [0.2, 0.25) is 0 Å². The number of epoxide rings is 2. The predicted octanol–water partition coefficient (Wildman–Crippen LogP) is 2.24. The Morgan fingerprint density at radius 2 is 1.08 bits per heavy atom. The summed E-state index contributed by atoms with van der Waals surface area (Å²) < 4.78 is 21.9. The molecule has 0 aromatic heterocycles. The van der Waals surface area contributed by atoms with Gasteiger partial charge in [0.25, 0.3) is 0 Å². The second-order valence-electron chi connectivity index (χ2n) is 6.22. The number of hydrogen-bond donors (Lipinski definition) is 0. The van der Waals surface area contributed by atoms with Crippen molar-refractivity contribution in [2.24, 2.45) is 0 Å². The summed E-state index contributed by atoms with van der Waals surface area (Å²) in [5.74, 6) is -0.958. The van der Waals surface area contributed by atoms with Gasteiger partial charge in [-0.2, -0.15) is 0 Å². The average molecular weight is 354 g/mol. The fraction of sp³-hybridized carbons (Fsp3) is 0.300. The maximum Gasteiger partial charge on any atom is 0.338 e.